The summed E-state index contributed by atoms with van der Waals surface area (Å²) in [6.07, 6.45) is 2.19. The molecule has 0 radical (unpaired) electrons. The third kappa shape index (κ3) is 7.67. The molecule has 0 aliphatic heterocycles. The molecule has 0 spiro atoms. The van der Waals surface area contributed by atoms with E-state index in [4.69, 9.17) is 15.2 Å². The van der Waals surface area contributed by atoms with Gasteiger partial charge in [-0.25, -0.2) is 0 Å². The van der Waals surface area contributed by atoms with Gasteiger partial charge in [0.2, 0.25) is 5.91 Å². The van der Waals surface area contributed by atoms with Crippen LogP contribution in [0.2, 0.25) is 0 Å². The second-order valence-electron chi connectivity index (χ2n) is 4.78. The molecule has 0 heterocycles. The van der Waals surface area contributed by atoms with Gasteiger partial charge in [0, 0.05) is 11.6 Å². The lowest BCUT2D eigenvalue weighted by molar-refractivity contribution is 0.0999. The van der Waals surface area contributed by atoms with Gasteiger partial charge >= 0.3 is 0 Å². The molecule has 0 unspecified atom stereocenters. The maximum atomic E-state index is 11.2. The molecule has 0 aliphatic rings. The van der Waals surface area contributed by atoms with Crippen molar-refractivity contribution in [2.45, 2.75) is 53.6 Å². The summed E-state index contributed by atoms with van der Waals surface area (Å²) in [5.74, 6) is 0.724. The van der Waals surface area contributed by atoms with Crippen LogP contribution in [0.4, 0.5) is 0 Å². The van der Waals surface area contributed by atoms with Crippen LogP contribution in [0.3, 0.4) is 0 Å². The molecular weight excluding hydrogens is 254 g/mol. The van der Waals surface area contributed by atoms with Gasteiger partial charge in [-0.2, -0.15) is 0 Å². The van der Waals surface area contributed by atoms with E-state index in [0.29, 0.717) is 23.7 Å². The number of carbonyl (C=O) groups is 1. The minimum Gasteiger partial charge on any atom is -0.493 e. The topological polar surface area (TPSA) is 61.6 Å². The Labute approximate surface area is 122 Å². The first-order valence-corrected chi connectivity index (χ1v) is 7.18. The highest BCUT2D eigenvalue weighted by Gasteiger charge is 2.08. The number of hydrogen-bond donors (Lipinski definition) is 1. The molecule has 1 aromatic rings. The van der Waals surface area contributed by atoms with E-state index in [-0.39, 0.29) is 6.10 Å². The quantitative estimate of drug-likeness (QED) is 0.863. The number of benzene rings is 1. The summed E-state index contributed by atoms with van der Waals surface area (Å²) in [6.45, 7) is 10.7. The highest BCUT2D eigenvalue weighted by atomic mass is 16.5. The van der Waals surface area contributed by atoms with Crippen LogP contribution < -0.4 is 15.2 Å². The molecule has 0 fully saturated rings. The Hall–Kier alpha value is -1.71. The summed E-state index contributed by atoms with van der Waals surface area (Å²) in [5, 5.41) is 0. The Kier molecular flexibility index (Phi) is 9.26. The van der Waals surface area contributed by atoms with E-state index >= 15 is 0 Å². The first-order chi connectivity index (χ1) is 9.44. The Morgan fingerprint density at radius 2 is 1.70 bits per heavy atom. The molecule has 20 heavy (non-hydrogen) atoms. The van der Waals surface area contributed by atoms with Crippen molar-refractivity contribution in [3.63, 3.8) is 0 Å². The lowest BCUT2D eigenvalue weighted by Gasteiger charge is -2.13. The number of hydrogen-bond acceptors (Lipinski definition) is 3. The second-order valence-corrected chi connectivity index (χ2v) is 4.78. The third-order valence-corrected chi connectivity index (χ3v) is 2.01. The number of primary amides is 1. The van der Waals surface area contributed by atoms with Gasteiger partial charge in [0.1, 0.15) is 11.5 Å². The van der Waals surface area contributed by atoms with Gasteiger partial charge in [-0.3, -0.25) is 4.79 Å². The maximum absolute atomic E-state index is 11.2. The molecule has 4 heteroatoms. The van der Waals surface area contributed by atoms with Gasteiger partial charge in [-0.15, -0.1) is 0 Å². The molecule has 1 rings (SSSR count). The number of amides is 1. The number of ether oxygens (including phenoxy) is 2. The standard InChI is InChI=1S/C13H19NO3.C3H8/c1-4-5-16-11-6-10(13(14)15)7-12(8-11)17-9(2)3;1-3-2/h6-9H,4-5H2,1-3H3,(H2,14,15);3H2,1-2H3. The Balaban J connectivity index is 0.00000110. The molecule has 0 aromatic heterocycles. The van der Waals surface area contributed by atoms with Crippen molar-refractivity contribution in [1.29, 1.82) is 0 Å². The van der Waals surface area contributed by atoms with Gasteiger partial charge in [0.25, 0.3) is 0 Å². The van der Waals surface area contributed by atoms with Crippen molar-refractivity contribution in [3.05, 3.63) is 23.8 Å². The monoisotopic (exact) mass is 281 g/mol. The van der Waals surface area contributed by atoms with Crippen molar-refractivity contribution in [1.82, 2.24) is 0 Å². The van der Waals surface area contributed by atoms with Crippen molar-refractivity contribution in [3.8, 4) is 11.5 Å². The first kappa shape index (κ1) is 18.3. The van der Waals surface area contributed by atoms with Gasteiger partial charge in [0.15, 0.2) is 0 Å². The molecule has 114 valence electrons. The van der Waals surface area contributed by atoms with E-state index in [2.05, 4.69) is 13.8 Å². The summed E-state index contributed by atoms with van der Waals surface area (Å²) >= 11 is 0. The lowest BCUT2D eigenvalue weighted by Crippen LogP contribution is -2.12. The largest absolute Gasteiger partial charge is 0.493 e. The smallest absolute Gasteiger partial charge is 0.248 e. The fraction of sp³-hybridized carbons (Fsp3) is 0.562. The summed E-state index contributed by atoms with van der Waals surface area (Å²) in [5.41, 5.74) is 5.66. The SMILES string of the molecule is CCC.CCCOc1cc(OC(C)C)cc(C(N)=O)c1. The van der Waals surface area contributed by atoms with Crippen molar-refractivity contribution in [2.75, 3.05) is 6.61 Å². The minimum absolute atomic E-state index is 0.0390. The molecule has 0 aliphatic carbocycles. The van der Waals surface area contributed by atoms with Gasteiger partial charge in [-0.05, 0) is 32.4 Å². The number of carbonyl (C=O) groups excluding carboxylic acids is 1. The van der Waals surface area contributed by atoms with E-state index in [1.165, 1.54) is 6.42 Å². The zero-order chi connectivity index (χ0) is 15.5. The van der Waals surface area contributed by atoms with Crippen LogP contribution in [0, 0.1) is 0 Å². The van der Waals surface area contributed by atoms with Crippen molar-refractivity contribution in [2.24, 2.45) is 5.73 Å². The lowest BCUT2D eigenvalue weighted by atomic mass is 10.2. The molecule has 0 bridgehead atoms. The zero-order valence-corrected chi connectivity index (χ0v) is 13.2. The fourth-order valence-corrected chi connectivity index (χ4v) is 1.36. The number of nitrogens with two attached hydrogens (primary N) is 1. The van der Waals surface area contributed by atoms with Crippen LogP contribution in [0.15, 0.2) is 18.2 Å². The minimum atomic E-state index is -0.486. The third-order valence-electron chi connectivity index (χ3n) is 2.01. The average Bonchev–Trinajstić information content (AvgIpc) is 2.36. The van der Waals surface area contributed by atoms with Crippen LogP contribution in [0.5, 0.6) is 11.5 Å². The molecule has 1 aromatic carbocycles. The molecule has 1 amide bonds. The van der Waals surface area contributed by atoms with Crippen LogP contribution in [0.1, 0.15) is 57.8 Å². The van der Waals surface area contributed by atoms with Crippen LogP contribution >= 0.6 is 0 Å². The molecular formula is C16H27NO3. The summed E-state index contributed by atoms with van der Waals surface area (Å²) < 4.78 is 11.0. The van der Waals surface area contributed by atoms with Gasteiger partial charge in [0.05, 0.1) is 12.7 Å². The Bertz CT molecular complexity index is 403. The van der Waals surface area contributed by atoms with Gasteiger partial charge < -0.3 is 15.2 Å². The highest BCUT2D eigenvalue weighted by Crippen LogP contribution is 2.23. The zero-order valence-electron chi connectivity index (χ0n) is 13.2. The Morgan fingerprint density at radius 1 is 1.15 bits per heavy atom. The maximum Gasteiger partial charge on any atom is 0.248 e. The summed E-state index contributed by atoms with van der Waals surface area (Å²) in [7, 11) is 0. The molecule has 2 N–H and O–H groups in total. The van der Waals surface area contributed by atoms with E-state index in [9.17, 15) is 4.79 Å². The van der Waals surface area contributed by atoms with E-state index in [1.54, 1.807) is 18.2 Å². The molecule has 0 saturated carbocycles. The van der Waals surface area contributed by atoms with E-state index in [1.807, 2.05) is 20.8 Å². The normalized spacial score (nSPS) is 9.70. The molecule has 0 atom stereocenters. The summed E-state index contributed by atoms with van der Waals surface area (Å²) in [4.78, 5) is 11.2. The number of rotatable bonds is 6. The molecule has 4 nitrogen and oxygen atoms in total. The van der Waals surface area contributed by atoms with E-state index < -0.39 is 5.91 Å². The fourth-order valence-electron chi connectivity index (χ4n) is 1.36. The average molecular weight is 281 g/mol. The van der Waals surface area contributed by atoms with Crippen molar-refractivity contribution >= 4 is 5.91 Å². The summed E-state index contributed by atoms with van der Waals surface area (Å²) in [6, 6.07) is 5.02. The first-order valence-electron chi connectivity index (χ1n) is 7.18. The van der Waals surface area contributed by atoms with Gasteiger partial charge in [-0.1, -0.05) is 27.2 Å². The Morgan fingerprint density at radius 3 is 2.15 bits per heavy atom. The van der Waals surface area contributed by atoms with Crippen LogP contribution in [-0.2, 0) is 0 Å². The molecule has 0 saturated heterocycles. The highest BCUT2D eigenvalue weighted by molar-refractivity contribution is 5.93. The van der Waals surface area contributed by atoms with Crippen LogP contribution in [0.25, 0.3) is 0 Å². The van der Waals surface area contributed by atoms with Crippen molar-refractivity contribution < 1.29 is 14.3 Å². The predicted octanol–water partition coefficient (Wildman–Crippen LogP) is 3.78. The predicted molar refractivity (Wildman–Crippen MR) is 82.5 cm³/mol. The van der Waals surface area contributed by atoms with Crippen LogP contribution in [-0.4, -0.2) is 18.6 Å². The second kappa shape index (κ2) is 10.1. The van der Waals surface area contributed by atoms with E-state index in [0.717, 1.165) is 6.42 Å².